The summed E-state index contributed by atoms with van der Waals surface area (Å²) in [6.07, 6.45) is 1.15. The highest BCUT2D eigenvalue weighted by Crippen LogP contribution is 2.30. The third-order valence-electron chi connectivity index (χ3n) is 3.38. The summed E-state index contributed by atoms with van der Waals surface area (Å²) in [6, 6.07) is 8.09. The van der Waals surface area contributed by atoms with Gasteiger partial charge in [0.05, 0.1) is 11.2 Å². The van der Waals surface area contributed by atoms with E-state index in [1.165, 1.54) is 0 Å². The Morgan fingerprint density at radius 2 is 2.12 bits per heavy atom. The largest absolute Gasteiger partial charge is 0.306 e. The molecular weight excluding hydrogens is 234 g/mol. The number of likely N-dealkylation sites (N-methyl/N-ethyl adjacent to an activating group) is 1. The zero-order valence-electron chi connectivity index (χ0n) is 9.73. The van der Waals surface area contributed by atoms with E-state index in [9.17, 15) is 0 Å². The molecule has 0 aliphatic carbocycles. The van der Waals surface area contributed by atoms with Crippen molar-refractivity contribution in [1.82, 2.24) is 14.9 Å². The number of nitrogens with zero attached hydrogens (tertiary/aromatic N) is 3. The number of para-hydroxylation sites is 1. The van der Waals surface area contributed by atoms with Crippen molar-refractivity contribution in [3.05, 3.63) is 35.2 Å². The summed E-state index contributed by atoms with van der Waals surface area (Å²) in [5, 5.41) is 1.49. The van der Waals surface area contributed by atoms with Crippen LogP contribution >= 0.6 is 11.6 Å². The molecule has 1 unspecified atom stereocenters. The van der Waals surface area contributed by atoms with Crippen molar-refractivity contribution in [3.8, 4) is 0 Å². The van der Waals surface area contributed by atoms with Crippen LogP contribution in [0, 0.1) is 0 Å². The fourth-order valence-corrected chi connectivity index (χ4v) is 2.72. The van der Waals surface area contributed by atoms with E-state index in [1.807, 2.05) is 18.2 Å². The molecule has 2 heterocycles. The fourth-order valence-electron chi connectivity index (χ4n) is 2.54. The zero-order valence-corrected chi connectivity index (χ0v) is 10.5. The zero-order chi connectivity index (χ0) is 11.8. The third kappa shape index (κ3) is 2.01. The van der Waals surface area contributed by atoms with Crippen molar-refractivity contribution in [2.45, 2.75) is 12.3 Å². The summed E-state index contributed by atoms with van der Waals surface area (Å²) in [6.45, 7) is 2.18. The van der Waals surface area contributed by atoms with Gasteiger partial charge in [-0.05, 0) is 37.7 Å². The Hall–Kier alpha value is -1.19. The summed E-state index contributed by atoms with van der Waals surface area (Å²) in [5.74, 6) is 0.477. The molecule has 2 aromatic rings. The van der Waals surface area contributed by atoms with Gasteiger partial charge in [0.15, 0.2) is 0 Å². The highest BCUT2D eigenvalue weighted by atomic mass is 35.5. The molecule has 1 saturated heterocycles. The van der Waals surface area contributed by atoms with Crippen molar-refractivity contribution >= 4 is 22.5 Å². The number of fused-ring (bicyclic) bond motifs is 1. The minimum Gasteiger partial charge on any atom is -0.306 e. The van der Waals surface area contributed by atoms with Gasteiger partial charge >= 0.3 is 0 Å². The molecular formula is C13H14ClN3. The van der Waals surface area contributed by atoms with E-state index in [-0.39, 0.29) is 0 Å². The Morgan fingerprint density at radius 3 is 2.88 bits per heavy atom. The molecule has 1 aromatic carbocycles. The first-order chi connectivity index (χ1) is 8.24. The van der Waals surface area contributed by atoms with E-state index < -0.39 is 0 Å². The van der Waals surface area contributed by atoms with Crippen LogP contribution in [0.3, 0.4) is 0 Å². The predicted octanol–water partition coefficient (Wildman–Crippen LogP) is 2.70. The molecule has 17 heavy (non-hydrogen) atoms. The number of benzene rings is 1. The summed E-state index contributed by atoms with van der Waals surface area (Å²) in [5.41, 5.74) is 2.04. The lowest BCUT2D eigenvalue weighted by Gasteiger charge is -2.12. The Balaban J connectivity index is 2.14. The van der Waals surface area contributed by atoms with Gasteiger partial charge in [0.2, 0.25) is 5.28 Å². The number of halogens is 1. The standard InChI is InChI=1S/C13H14ClN3/c1-17-7-6-9(8-17)12-10-4-2-3-5-11(10)15-13(14)16-12/h2-5,9H,6-8H2,1H3. The van der Waals surface area contributed by atoms with Gasteiger partial charge in [0.1, 0.15) is 0 Å². The van der Waals surface area contributed by atoms with E-state index in [1.54, 1.807) is 0 Å². The quantitative estimate of drug-likeness (QED) is 0.726. The molecule has 1 aliphatic rings. The third-order valence-corrected chi connectivity index (χ3v) is 3.55. The van der Waals surface area contributed by atoms with Gasteiger partial charge in [-0.3, -0.25) is 0 Å². The molecule has 1 atom stereocenters. The molecule has 0 bridgehead atoms. The SMILES string of the molecule is CN1CCC(c2nc(Cl)nc3ccccc23)C1. The monoisotopic (exact) mass is 247 g/mol. The second-order valence-corrected chi connectivity index (χ2v) is 4.98. The lowest BCUT2D eigenvalue weighted by atomic mass is 10.0. The maximum absolute atomic E-state index is 6.00. The second-order valence-electron chi connectivity index (χ2n) is 4.64. The van der Waals surface area contributed by atoms with E-state index in [2.05, 4.69) is 28.0 Å². The van der Waals surface area contributed by atoms with E-state index >= 15 is 0 Å². The minimum absolute atomic E-state index is 0.355. The lowest BCUT2D eigenvalue weighted by molar-refractivity contribution is 0.411. The van der Waals surface area contributed by atoms with E-state index in [0.29, 0.717) is 11.2 Å². The number of aromatic nitrogens is 2. The Kier molecular flexibility index (Phi) is 2.73. The Bertz CT molecular complexity index is 555. The molecule has 1 aromatic heterocycles. The first-order valence-corrected chi connectivity index (χ1v) is 6.22. The van der Waals surface area contributed by atoms with Crippen LogP contribution in [0.4, 0.5) is 0 Å². The molecule has 3 nitrogen and oxygen atoms in total. The maximum atomic E-state index is 6.00. The van der Waals surface area contributed by atoms with Crippen molar-refractivity contribution in [3.63, 3.8) is 0 Å². The van der Waals surface area contributed by atoms with E-state index in [0.717, 1.165) is 36.1 Å². The minimum atomic E-state index is 0.355. The number of rotatable bonds is 1. The normalized spacial score (nSPS) is 21.2. The Labute approximate surface area is 105 Å². The number of likely N-dealkylation sites (tertiary alicyclic amines) is 1. The van der Waals surface area contributed by atoms with Crippen LogP contribution in [0.1, 0.15) is 18.0 Å². The number of hydrogen-bond acceptors (Lipinski definition) is 3. The highest BCUT2D eigenvalue weighted by Gasteiger charge is 2.24. The average Bonchev–Trinajstić information content (AvgIpc) is 2.74. The summed E-state index contributed by atoms with van der Waals surface area (Å²) in [7, 11) is 2.14. The van der Waals surface area contributed by atoms with Gasteiger partial charge in [-0.1, -0.05) is 18.2 Å². The molecule has 1 aliphatic heterocycles. The van der Waals surface area contributed by atoms with Crippen molar-refractivity contribution in [2.75, 3.05) is 20.1 Å². The summed E-state index contributed by atoms with van der Waals surface area (Å²) in [4.78, 5) is 11.0. The van der Waals surface area contributed by atoms with Crippen LogP contribution in [0.15, 0.2) is 24.3 Å². The number of hydrogen-bond donors (Lipinski definition) is 0. The molecule has 1 fully saturated rings. The van der Waals surface area contributed by atoms with E-state index in [4.69, 9.17) is 11.6 Å². The Morgan fingerprint density at radius 1 is 1.29 bits per heavy atom. The van der Waals surface area contributed by atoms with Crippen LogP contribution in [-0.4, -0.2) is 35.0 Å². The average molecular weight is 248 g/mol. The molecule has 0 spiro atoms. The van der Waals surface area contributed by atoms with Crippen LogP contribution in [0.5, 0.6) is 0 Å². The molecule has 0 radical (unpaired) electrons. The molecule has 0 N–H and O–H groups in total. The van der Waals surface area contributed by atoms with Gasteiger partial charge < -0.3 is 4.90 Å². The van der Waals surface area contributed by atoms with Gasteiger partial charge in [0, 0.05) is 17.8 Å². The highest BCUT2D eigenvalue weighted by molar-refractivity contribution is 6.28. The molecule has 88 valence electrons. The first-order valence-electron chi connectivity index (χ1n) is 5.85. The van der Waals surface area contributed by atoms with Crippen molar-refractivity contribution in [1.29, 1.82) is 0 Å². The molecule has 3 rings (SSSR count). The fraction of sp³-hybridized carbons (Fsp3) is 0.385. The molecule has 0 saturated carbocycles. The van der Waals surface area contributed by atoms with Crippen molar-refractivity contribution < 1.29 is 0 Å². The van der Waals surface area contributed by atoms with Gasteiger partial charge in [-0.25, -0.2) is 9.97 Å². The first kappa shape index (κ1) is 10.9. The molecule has 4 heteroatoms. The smallest absolute Gasteiger partial charge is 0.223 e. The lowest BCUT2D eigenvalue weighted by Crippen LogP contribution is -2.14. The summed E-state index contributed by atoms with van der Waals surface area (Å²) >= 11 is 6.00. The summed E-state index contributed by atoms with van der Waals surface area (Å²) < 4.78 is 0. The van der Waals surface area contributed by atoms with Gasteiger partial charge in [0.25, 0.3) is 0 Å². The molecule has 0 amide bonds. The van der Waals surface area contributed by atoms with Gasteiger partial charge in [-0.15, -0.1) is 0 Å². The van der Waals surface area contributed by atoms with Crippen LogP contribution < -0.4 is 0 Å². The maximum Gasteiger partial charge on any atom is 0.223 e. The predicted molar refractivity (Wildman–Crippen MR) is 69.4 cm³/mol. The second kappa shape index (κ2) is 4.24. The van der Waals surface area contributed by atoms with Crippen LogP contribution in [-0.2, 0) is 0 Å². The van der Waals surface area contributed by atoms with Crippen LogP contribution in [0.25, 0.3) is 10.9 Å². The van der Waals surface area contributed by atoms with Crippen LogP contribution in [0.2, 0.25) is 5.28 Å². The van der Waals surface area contributed by atoms with Gasteiger partial charge in [-0.2, -0.15) is 0 Å². The van der Waals surface area contributed by atoms with Crippen molar-refractivity contribution in [2.24, 2.45) is 0 Å². The topological polar surface area (TPSA) is 29.0 Å².